The van der Waals surface area contributed by atoms with Crippen molar-refractivity contribution in [3.05, 3.63) is 35.9 Å². The second-order valence-electron chi connectivity index (χ2n) is 3.56. The van der Waals surface area contributed by atoms with E-state index in [-0.39, 0.29) is 12.3 Å². The topological polar surface area (TPSA) is 52.3 Å². The first kappa shape index (κ1) is 11.7. The molecule has 3 heteroatoms. The number of carbonyl (C=O) groups is 1. The number of hydrogen-bond donors (Lipinski definition) is 1. The Bertz CT molecular complexity index is 318. The maximum atomic E-state index is 11.0. The first-order chi connectivity index (χ1) is 7.14. The fraction of sp³-hybridized carbons (Fsp3) is 0.417. The molecule has 1 unspecified atom stereocenters. The first-order valence-corrected chi connectivity index (χ1v) is 5.03. The molecule has 0 radical (unpaired) electrons. The molecule has 0 saturated heterocycles. The van der Waals surface area contributed by atoms with Crippen LogP contribution < -0.4 is 5.73 Å². The van der Waals surface area contributed by atoms with Crippen molar-refractivity contribution in [1.29, 1.82) is 0 Å². The molecule has 0 fully saturated rings. The van der Waals surface area contributed by atoms with Crippen LogP contribution in [-0.2, 0) is 15.1 Å². The average molecular weight is 207 g/mol. The van der Waals surface area contributed by atoms with Crippen LogP contribution in [0.15, 0.2) is 30.3 Å². The Kier molecular flexibility index (Phi) is 3.86. The number of primary amides is 1. The molecule has 1 aromatic rings. The Morgan fingerprint density at radius 3 is 2.40 bits per heavy atom. The highest BCUT2D eigenvalue weighted by molar-refractivity contribution is 5.75. The normalized spacial score (nSPS) is 14.5. The number of rotatable bonds is 5. The number of ether oxygens (including phenoxy) is 1. The van der Waals surface area contributed by atoms with Crippen molar-refractivity contribution < 1.29 is 9.53 Å². The highest BCUT2D eigenvalue weighted by atomic mass is 16.5. The van der Waals surface area contributed by atoms with Gasteiger partial charge in [-0.15, -0.1) is 0 Å². The second-order valence-corrected chi connectivity index (χ2v) is 3.56. The Hall–Kier alpha value is -1.35. The predicted molar refractivity (Wildman–Crippen MR) is 59.2 cm³/mol. The summed E-state index contributed by atoms with van der Waals surface area (Å²) in [6.07, 6.45) is 0.931. The molecule has 2 N–H and O–H groups in total. The molecule has 82 valence electrons. The van der Waals surface area contributed by atoms with E-state index in [1.54, 1.807) is 7.11 Å². The van der Waals surface area contributed by atoms with E-state index in [0.717, 1.165) is 12.0 Å². The predicted octanol–water partition coefficient (Wildman–Crippen LogP) is 1.81. The van der Waals surface area contributed by atoms with Crippen LogP contribution in [0.2, 0.25) is 0 Å². The fourth-order valence-electron chi connectivity index (χ4n) is 1.79. The summed E-state index contributed by atoms with van der Waals surface area (Å²) in [5.41, 5.74) is 5.67. The smallest absolute Gasteiger partial charge is 0.220 e. The number of hydrogen-bond acceptors (Lipinski definition) is 2. The van der Waals surface area contributed by atoms with Gasteiger partial charge in [0.15, 0.2) is 0 Å². The van der Waals surface area contributed by atoms with Gasteiger partial charge in [-0.3, -0.25) is 4.79 Å². The molecule has 0 aliphatic rings. The highest BCUT2D eigenvalue weighted by Crippen LogP contribution is 2.31. The maximum absolute atomic E-state index is 11.0. The van der Waals surface area contributed by atoms with Crippen LogP contribution in [0.4, 0.5) is 0 Å². The van der Waals surface area contributed by atoms with Gasteiger partial charge in [0.1, 0.15) is 5.60 Å². The Balaban J connectivity index is 3.05. The lowest BCUT2D eigenvalue weighted by Gasteiger charge is -2.30. The van der Waals surface area contributed by atoms with Crippen molar-refractivity contribution in [2.45, 2.75) is 25.4 Å². The summed E-state index contributed by atoms with van der Waals surface area (Å²) < 4.78 is 5.48. The molecule has 1 amide bonds. The van der Waals surface area contributed by atoms with Gasteiger partial charge in [-0.1, -0.05) is 37.3 Å². The van der Waals surface area contributed by atoms with E-state index >= 15 is 0 Å². The third kappa shape index (κ3) is 2.57. The van der Waals surface area contributed by atoms with E-state index in [1.165, 1.54) is 0 Å². The molecular formula is C12H17NO2. The summed E-state index contributed by atoms with van der Waals surface area (Å²) >= 11 is 0. The minimum Gasteiger partial charge on any atom is -0.373 e. The van der Waals surface area contributed by atoms with E-state index in [2.05, 4.69) is 0 Å². The van der Waals surface area contributed by atoms with Crippen LogP contribution in [0.3, 0.4) is 0 Å². The number of benzene rings is 1. The molecule has 0 aliphatic carbocycles. The van der Waals surface area contributed by atoms with E-state index in [0.29, 0.717) is 0 Å². The third-order valence-electron chi connectivity index (χ3n) is 2.72. The lowest BCUT2D eigenvalue weighted by atomic mass is 9.87. The Morgan fingerprint density at radius 2 is 2.00 bits per heavy atom. The van der Waals surface area contributed by atoms with Gasteiger partial charge < -0.3 is 10.5 Å². The van der Waals surface area contributed by atoms with Crippen LogP contribution in [0.1, 0.15) is 25.3 Å². The van der Waals surface area contributed by atoms with E-state index < -0.39 is 5.60 Å². The largest absolute Gasteiger partial charge is 0.373 e. The molecule has 0 saturated carbocycles. The van der Waals surface area contributed by atoms with Crippen LogP contribution in [0.5, 0.6) is 0 Å². The summed E-state index contributed by atoms with van der Waals surface area (Å²) in [4.78, 5) is 11.0. The molecule has 1 aromatic carbocycles. The summed E-state index contributed by atoms with van der Waals surface area (Å²) in [7, 11) is 1.61. The molecule has 0 bridgehead atoms. The molecule has 0 aliphatic heterocycles. The Morgan fingerprint density at radius 1 is 1.40 bits per heavy atom. The maximum Gasteiger partial charge on any atom is 0.220 e. The van der Waals surface area contributed by atoms with E-state index in [9.17, 15) is 4.79 Å². The van der Waals surface area contributed by atoms with Gasteiger partial charge in [-0.05, 0) is 12.0 Å². The van der Waals surface area contributed by atoms with E-state index in [1.807, 2.05) is 37.3 Å². The van der Waals surface area contributed by atoms with Crippen molar-refractivity contribution in [3.63, 3.8) is 0 Å². The van der Waals surface area contributed by atoms with Crippen LogP contribution in [0.25, 0.3) is 0 Å². The van der Waals surface area contributed by atoms with Crippen LogP contribution in [0, 0.1) is 0 Å². The summed E-state index contributed by atoms with van der Waals surface area (Å²) in [6, 6.07) is 9.70. The van der Waals surface area contributed by atoms with Crippen molar-refractivity contribution in [1.82, 2.24) is 0 Å². The zero-order valence-electron chi connectivity index (χ0n) is 9.19. The molecule has 0 spiro atoms. The fourth-order valence-corrected chi connectivity index (χ4v) is 1.79. The van der Waals surface area contributed by atoms with Crippen molar-refractivity contribution in [3.8, 4) is 0 Å². The highest BCUT2D eigenvalue weighted by Gasteiger charge is 2.31. The third-order valence-corrected chi connectivity index (χ3v) is 2.72. The van der Waals surface area contributed by atoms with E-state index in [4.69, 9.17) is 10.5 Å². The number of carbonyl (C=O) groups excluding carboxylic acids is 1. The zero-order chi connectivity index (χ0) is 11.3. The summed E-state index contributed by atoms with van der Waals surface area (Å²) in [6.45, 7) is 1.99. The first-order valence-electron chi connectivity index (χ1n) is 5.03. The quantitative estimate of drug-likeness (QED) is 0.800. The molecule has 1 rings (SSSR count). The van der Waals surface area contributed by atoms with Crippen molar-refractivity contribution in [2.75, 3.05) is 7.11 Å². The molecule has 3 nitrogen and oxygen atoms in total. The van der Waals surface area contributed by atoms with Gasteiger partial charge in [0.25, 0.3) is 0 Å². The van der Waals surface area contributed by atoms with Crippen LogP contribution in [-0.4, -0.2) is 13.0 Å². The van der Waals surface area contributed by atoms with Crippen molar-refractivity contribution >= 4 is 5.91 Å². The lowest BCUT2D eigenvalue weighted by molar-refractivity contribution is -0.125. The Labute approximate surface area is 90.2 Å². The summed E-state index contributed by atoms with van der Waals surface area (Å²) in [5.74, 6) is -0.345. The lowest BCUT2D eigenvalue weighted by Crippen LogP contribution is -2.33. The van der Waals surface area contributed by atoms with Crippen molar-refractivity contribution in [2.24, 2.45) is 5.73 Å². The van der Waals surface area contributed by atoms with Gasteiger partial charge in [-0.2, -0.15) is 0 Å². The van der Waals surface area contributed by atoms with Gasteiger partial charge >= 0.3 is 0 Å². The molecule has 1 atom stereocenters. The van der Waals surface area contributed by atoms with Gasteiger partial charge in [0, 0.05) is 7.11 Å². The summed E-state index contributed by atoms with van der Waals surface area (Å²) in [5, 5.41) is 0. The number of methoxy groups -OCH3 is 1. The molecule has 0 aromatic heterocycles. The SMILES string of the molecule is CCC(CC(N)=O)(OC)c1ccccc1. The molecule has 0 heterocycles. The number of amides is 1. The zero-order valence-corrected chi connectivity index (χ0v) is 9.19. The molecular weight excluding hydrogens is 190 g/mol. The minimum atomic E-state index is -0.576. The molecule has 15 heavy (non-hydrogen) atoms. The van der Waals surface area contributed by atoms with Crippen LogP contribution >= 0.6 is 0 Å². The number of nitrogens with two attached hydrogens (primary N) is 1. The monoisotopic (exact) mass is 207 g/mol. The second kappa shape index (κ2) is 4.94. The minimum absolute atomic E-state index is 0.212. The standard InChI is InChI=1S/C12H17NO2/c1-3-12(15-2,9-11(13)14)10-7-5-4-6-8-10/h4-8H,3,9H2,1-2H3,(H2,13,14). The van der Waals surface area contributed by atoms with Gasteiger partial charge in [0.05, 0.1) is 6.42 Å². The van der Waals surface area contributed by atoms with Gasteiger partial charge in [0.2, 0.25) is 5.91 Å². The average Bonchev–Trinajstić information content (AvgIpc) is 2.27. The van der Waals surface area contributed by atoms with Gasteiger partial charge in [-0.25, -0.2) is 0 Å².